The van der Waals surface area contributed by atoms with Gasteiger partial charge >= 0.3 is 5.97 Å². The minimum Gasteiger partial charge on any atom is -0.465 e. The van der Waals surface area contributed by atoms with Crippen molar-refractivity contribution in [1.29, 1.82) is 0 Å². The second-order valence-corrected chi connectivity index (χ2v) is 8.27. The number of carbonyl (C=O) groups excluding carboxylic acids is 1. The van der Waals surface area contributed by atoms with Crippen LogP contribution in [0.1, 0.15) is 24.2 Å². The third kappa shape index (κ3) is 1.93. The first-order valence-corrected chi connectivity index (χ1v) is 7.86. The number of ether oxygens (including phenoxy) is 1. The maximum Gasteiger partial charge on any atom is 0.337 e. The molecule has 0 N–H and O–H groups in total. The zero-order chi connectivity index (χ0) is 13.6. The lowest BCUT2D eigenvalue weighted by Crippen LogP contribution is -2.37. The summed E-state index contributed by atoms with van der Waals surface area (Å²) >= 11 is 1.49. The van der Waals surface area contributed by atoms with Crippen LogP contribution in [0.5, 0.6) is 0 Å². The summed E-state index contributed by atoms with van der Waals surface area (Å²) in [7, 11) is -2.14. The summed E-state index contributed by atoms with van der Waals surface area (Å²) in [6.07, 6.45) is 0. The fourth-order valence-electron chi connectivity index (χ4n) is 1.71. The molecule has 1 heterocycles. The van der Waals surface area contributed by atoms with Crippen LogP contribution in [0.4, 0.5) is 0 Å². The van der Waals surface area contributed by atoms with Crippen LogP contribution < -0.4 is 0 Å². The number of methoxy groups -OCH3 is 1. The average Bonchev–Trinajstić information content (AvgIpc) is 2.33. The van der Waals surface area contributed by atoms with Gasteiger partial charge in [-0.2, -0.15) is 0 Å². The van der Waals surface area contributed by atoms with Gasteiger partial charge in [0.2, 0.25) is 0 Å². The lowest BCUT2D eigenvalue weighted by molar-refractivity contribution is 0.0600. The van der Waals surface area contributed by atoms with Crippen molar-refractivity contribution in [3.8, 4) is 0 Å². The number of esters is 1. The molecule has 0 unspecified atom stereocenters. The van der Waals surface area contributed by atoms with Crippen molar-refractivity contribution < 1.29 is 17.9 Å². The lowest BCUT2D eigenvalue weighted by atomic mass is 10.2. The molecule has 18 heavy (non-hydrogen) atoms. The van der Waals surface area contributed by atoms with Gasteiger partial charge in [-0.3, -0.25) is 0 Å². The van der Waals surface area contributed by atoms with Gasteiger partial charge in [-0.1, -0.05) is 0 Å². The molecule has 2 rings (SSSR count). The molecule has 0 saturated heterocycles. The van der Waals surface area contributed by atoms with E-state index in [4.69, 9.17) is 0 Å². The number of thioether (sulfide) groups is 1. The van der Waals surface area contributed by atoms with Gasteiger partial charge in [0.25, 0.3) is 0 Å². The fourth-order valence-corrected chi connectivity index (χ4v) is 5.09. The Kier molecular flexibility index (Phi) is 3.19. The average molecular weight is 286 g/mol. The molecule has 1 aromatic rings. The molecule has 0 spiro atoms. The Bertz CT molecular complexity index is 603. The van der Waals surface area contributed by atoms with E-state index in [0.29, 0.717) is 10.6 Å². The van der Waals surface area contributed by atoms with Gasteiger partial charge in [0.15, 0.2) is 9.84 Å². The van der Waals surface area contributed by atoms with E-state index in [-0.39, 0.29) is 10.5 Å². The zero-order valence-corrected chi connectivity index (χ0v) is 12.0. The van der Waals surface area contributed by atoms with Gasteiger partial charge < -0.3 is 4.74 Å². The summed E-state index contributed by atoms with van der Waals surface area (Å²) in [6, 6.07) is 4.66. The third-order valence-electron chi connectivity index (χ3n) is 2.96. The molecular formula is C12H14O4S2. The summed E-state index contributed by atoms with van der Waals surface area (Å²) in [5, 5.41) is 0. The smallest absolute Gasteiger partial charge is 0.337 e. The summed E-state index contributed by atoms with van der Waals surface area (Å²) in [5.74, 6) is -0.0127. The molecule has 0 atom stereocenters. The van der Waals surface area contributed by atoms with Crippen LogP contribution in [-0.2, 0) is 14.6 Å². The number of sulfone groups is 1. The summed E-state index contributed by atoms with van der Waals surface area (Å²) in [6.45, 7) is 3.40. The minimum atomic E-state index is -3.41. The highest BCUT2D eigenvalue weighted by molar-refractivity contribution is 8.03. The molecule has 1 aliphatic rings. The summed E-state index contributed by atoms with van der Waals surface area (Å²) in [5.41, 5.74) is 0.262. The van der Waals surface area contributed by atoms with Crippen LogP contribution in [0.25, 0.3) is 0 Å². The molecule has 1 aromatic carbocycles. The second-order valence-electron chi connectivity index (χ2n) is 4.70. The predicted molar refractivity (Wildman–Crippen MR) is 69.8 cm³/mol. The predicted octanol–water partition coefficient (Wildman–Crippen LogP) is 2.13. The topological polar surface area (TPSA) is 60.4 Å². The normalized spacial score (nSPS) is 19.9. The van der Waals surface area contributed by atoms with Crippen LogP contribution >= 0.6 is 11.8 Å². The first-order valence-electron chi connectivity index (χ1n) is 5.39. The van der Waals surface area contributed by atoms with E-state index in [2.05, 4.69) is 4.74 Å². The van der Waals surface area contributed by atoms with Gasteiger partial charge in [0.05, 0.1) is 22.3 Å². The highest BCUT2D eigenvalue weighted by atomic mass is 32.2. The maximum absolute atomic E-state index is 12.4. The van der Waals surface area contributed by atoms with Gasteiger partial charge in [-0.05, 0) is 32.0 Å². The Hall–Kier alpha value is -1.01. The molecule has 4 nitrogen and oxygen atoms in total. The van der Waals surface area contributed by atoms with Crippen molar-refractivity contribution in [2.75, 3.05) is 12.9 Å². The number of hydrogen-bond acceptors (Lipinski definition) is 5. The number of rotatable bonds is 1. The Morgan fingerprint density at radius 1 is 1.39 bits per heavy atom. The molecule has 0 bridgehead atoms. The fraction of sp³-hybridized carbons (Fsp3) is 0.417. The standard InChI is InChI=1S/C12H14O4S2/c1-12(2)7-17-9-5-4-8(11(13)16-3)6-10(9)18(12,14)15/h4-6H,7H2,1-3H3. The highest BCUT2D eigenvalue weighted by Crippen LogP contribution is 2.42. The van der Waals surface area contributed by atoms with Crippen LogP contribution in [0.3, 0.4) is 0 Å². The molecule has 0 aliphatic carbocycles. The summed E-state index contributed by atoms with van der Waals surface area (Å²) in [4.78, 5) is 12.4. The van der Waals surface area contributed by atoms with Crippen molar-refractivity contribution in [3.63, 3.8) is 0 Å². The second kappa shape index (κ2) is 4.28. The molecule has 0 amide bonds. The Labute approximate surface area is 111 Å². The molecule has 1 aliphatic heterocycles. The monoisotopic (exact) mass is 286 g/mol. The van der Waals surface area contributed by atoms with Gasteiger partial charge in [0.1, 0.15) is 0 Å². The van der Waals surface area contributed by atoms with Gasteiger partial charge in [0, 0.05) is 10.6 Å². The summed E-state index contributed by atoms with van der Waals surface area (Å²) < 4.78 is 28.6. The number of benzene rings is 1. The Morgan fingerprint density at radius 3 is 2.67 bits per heavy atom. The Balaban J connectivity index is 2.62. The number of carbonyl (C=O) groups is 1. The van der Waals surface area contributed by atoms with Crippen molar-refractivity contribution in [3.05, 3.63) is 23.8 Å². The van der Waals surface area contributed by atoms with Crippen LogP contribution in [0, 0.1) is 0 Å². The van der Waals surface area contributed by atoms with Crippen LogP contribution in [0.15, 0.2) is 28.0 Å². The van der Waals surface area contributed by atoms with Crippen molar-refractivity contribution >= 4 is 27.6 Å². The van der Waals surface area contributed by atoms with Crippen LogP contribution in [0.2, 0.25) is 0 Å². The molecule has 98 valence electrons. The van der Waals surface area contributed by atoms with E-state index in [1.54, 1.807) is 26.0 Å². The molecule has 0 fully saturated rings. The highest BCUT2D eigenvalue weighted by Gasteiger charge is 2.41. The molecule has 6 heteroatoms. The van der Waals surface area contributed by atoms with Gasteiger partial charge in [-0.25, -0.2) is 13.2 Å². The van der Waals surface area contributed by atoms with Gasteiger partial charge in [-0.15, -0.1) is 11.8 Å². The van der Waals surface area contributed by atoms with E-state index in [1.807, 2.05) is 0 Å². The largest absolute Gasteiger partial charge is 0.465 e. The van der Waals surface area contributed by atoms with Crippen molar-refractivity contribution in [2.45, 2.75) is 28.4 Å². The van der Waals surface area contributed by atoms with E-state index < -0.39 is 20.6 Å². The minimum absolute atomic E-state index is 0.228. The van der Waals surface area contributed by atoms with E-state index >= 15 is 0 Å². The maximum atomic E-state index is 12.4. The first kappa shape index (κ1) is 13.4. The lowest BCUT2D eigenvalue weighted by Gasteiger charge is -2.30. The third-order valence-corrected chi connectivity index (χ3v) is 7.32. The first-order chi connectivity index (χ1) is 8.29. The van der Waals surface area contributed by atoms with Crippen molar-refractivity contribution in [1.82, 2.24) is 0 Å². The molecule has 0 aromatic heterocycles. The Morgan fingerprint density at radius 2 is 2.06 bits per heavy atom. The van der Waals surface area contributed by atoms with Crippen molar-refractivity contribution in [2.24, 2.45) is 0 Å². The number of fused-ring (bicyclic) bond motifs is 1. The molecule has 0 saturated carbocycles. The van der Waals surface area contributed by atoms with Crippen LogP contribution in [-0.4, -0.2) is 32.0 Å². The zero-order valence-electron chi connectivity index (χ0n) is 10.4. The number of hydrogen-bond donors (Lipinski definition) is 0. The molecular weight excluding hydrogens is 272 g/mol. The van der Waals surface area contributed by atoms with E-state index in [0.717, 1.165) is 0 Å². The van der Waals surface area contributed by atoms with E-state index in [9.17, 15) is 13.2 Å². The molecule has 0 radical (unpaired) electrons. The SMILES string of the molecule is COC(=O)c1ccc2c(c1)S(=O)(=O)C(C)(C)CS2. The quantitative estimate of drug-likeness (QED) is 0.740. The van der Waals surface area contributed by atoms with E-state index in [1.165, 1.54) is 24.9 Å².